The quantitative estimate of drug-likeness (QED) is 0.546. The standard InChI is InChI=1S/C22H26O4/c1-14-15(2)22(26)20(16(3)21(14)25)18(17-10-6-4-7-11-17)12-8-5-9-13-19(23)24/h4,6-7,10-11,18H,5,8-9,12-13H2,1-3H3,(H,23,24)/t18-/m1/s1. The molecule has 4 nitrogen and oxygen atoms in total. The van der Waals surface area contributed by atoms with Gasteiger partial charge in [0.1, 0.15) is 0 Å². The Balaban J connectivity index is 2.28. The number of carbonyl (C=O) groups is 3. The smallest absolute Gasteiger partial charge is 0.303 e. The monoisotopic (exact) mass is 354 g/mol. The third-order valence-corrected chi connectivity index (χ3v) is 5.17. The number of benzene rings is 1. The molecule has 0 aliphatic heterocycles. The molecule has 26 heavy (non-hydrogen) atoms. The summed E-state index contributed by atoms with van der Waals surface area (Å²) in [5.74, 6) is -1.02. The second-order valence-electron chi connectivity index (χ2n) is 6.90. The SMILES string of the molecule is CC1=C(C)C(=O)C([C@H](CCCCCC(=O)O)c2ccccc2)=C(C)C1=O. The van der Waals surface area contributed by atoms with E-state index in [9.17, 15) is 14.4 Å². The van der Waals surface area contributed by atoms with Crippen LogP contribution in [0.15, 0.2) is 52.6 Å². The maximum Gasteiger partial charge on any atom is 0.303 e. The van der Waals surface area contributed by atoms with Crippen molar-refractivity contribution >= 4 is 17.5 Å². The van der Waals surface area contributed by atoms with Crippen molar-refractivity contribution in [2.45, 2.75) is 58.8 Å². The summed E-state index contributed by atoms with van der Waals surface area (Å²) in [6, 6.07) is 9.77. The summed E-state index contributed by atoms with van der Waals surface area (Å²) in [4.78, 5) is 36.1. The number of hydrogen-bond acceptors (Lipinski definition) is 3. The van der Waals surface area contributed by atoms with Crippen molar-refractivity contribution in [1.29, 1.82) is 0 Å². The molecule has 0 saturated heterocycles. The van der Waals surface area contributed by atoms with Crippen molar-refractivity contribution in [2.24, 2.45) is 0 Å². The lowest BCUT2D eigenvalue weighted by atomic mass is 9.76. The van der Waals surface area contributed by atoms with Crippen LogP contribution >= 0.6 is 0 Å². The minimum Gasteiger partial charge on any atom is -0.481 e. The molecule has 138 valence electrons. The molecule has 1 aromatic carbocycles. The van der Waals surface area contributed by atoms with E-state index >= 15 is 0 Å². The van der Waals surface area contributed by atoms with Gasteiger partial charge in [-0.1, -0.05) is 43.2 Å². The number of carboxylic acids is 1. The average Bonchev–Trinajstić information content (AvgIpc) is 2.63. The number of carbonyl (C=O) groups excluding carboxylic acids is 2. The Kier molecular flexibility index (Phi) is 6.67. The van der Waals surface area contributed by atoms with Crippen molar-refractivity contribution in [1.82, 2.24) is 0 Å². The molecular formula is C22H26O4. The van der Waals surface area contributed by atoms with Gasteiger partial charge in [-0.3, -0.25) is 14.4 Å². The lowest BCUT2D eigenvalue weighted by Gasteiger charge is -2.26. The zero-order valence-electron chi connectivity index (χ0n) is 15.7. The lowest BCUT2D eigenvalue weighted by Crippen LogP contribution is -2.24. The number of aliphatic carboxylic acids is 1. The van der Waals surface area contributed by atoms with Crippen LogP contribution in [0.5, 0.6) is 0 Å². The molecule has 2 rings (SSSR count). The fourth-order valence-electron chi connectivity index (χ4n) is 3.50. The molecule has 1 atom stereocenters. The summed E-state index contributed by atoms with van der Waals surface area (Å²) in [6.45, 7) is 5.17. The number of allylic oxidation sites excluding steroid dienone is 4. The lowest BCUT2D eigenvalue weighted by molar-refractivity contribution is -0.137. The Morgan fingerprint density at radius 1 is 0.885 bits per heavy atom. The van der Waals surface area contributed by atoms with Gasteiger partial charge in [-0.15, -0.1) is 0 Å². The number of hydrogen-bond donors (Lipinski definition) is 1. The van der Waals surface area contributed by atoms with Crippen LogP contribution in [0.3, 0.4) is 0 Å². The van der Waals surface area contributed by atoms with Gasteiger partial charge in [-0.2, -0.15) is 0 Å². The maximum absolute atomic E-state index is 12.9. The van der Waals surface area contributed by atoms with Crippen LogP contribution in [0.25, 0.3) is 0 Å². The van der Waals surface area contributed by atoms with Crippen LogP contribution in [0.2, 0.25) is 0 Å². The third kappa shape index (κ3) is 4.37. The number of rotatable bonds is 8. The van der Waals surface area contributed by atoms with Crippen molar-refractivity contribution in [3.63, 3.8) is 0 Å². The maximum atomic E-state index is 12.9. The first-order valence-electron chi connectivity index (χ1n) is 9.09. The Hall–Kier alpha value is -2.49. The van der Waals surface area contributed by atoms with Crippen LogP contribution in [-0.2, 0) is 14.4 Å². The van der Waals surface area contributed by atoms with Gasteiger partial charge in [0.25, 0.3) is 0 Å². The van der Waals surface area contributed by atoms with Gasteiger partial charge in [-0.25, -0.2) is 0 Å². The van der Waals surface area contributed by atoms with E-state index in [1.54, 1.807) is 20.8 Å². The van der Waals surface area contributed by atoms with Crippen LogP contribution < -0.4 is 0 Å². The molecule has 0 aromatic heterocycles. The molecule has 0 saturated carbocycles. The Bertz CT molecular complexity index is 769. The van der Waals surface area contributed by atoms with E-state index in [-0.39, 0.29) is 23.9 Å². The van der Waals surface area contributed by atoms with E-state index < -0.39 is 5.97 Å². The van der Waals surface area contributed by atoms with E-state index in [0.717, 1.165) is 24.8 Å². The molecule has 0 spiro atoms. The number of ketones is 2. The molecule has 1 aliphatic carbocycles. The number of Topliss-reactive ketones (excluding diaryl/α,β-unsaturated/α-hetero) is 2. The van der Waals surface area contributed by atoms with Gasteiger partial charge in [0, 0.05) is 34.6 Å². The first-order chi connectivity index (χ1) is 12.3. The molecule has 4 heteroatoms. The number of carboxylic acid groups (broad SMARTS) is 1. The van der Waals surface area contributed by atoms with Gasteiger partial charge in [0.2, 0.25) is 0 Å². The summed E-state index contributed by atoms with van der Waals surface area (Å²) < 4.78 is 0. The largest absolute Gasteiger partial charge is 0.481 e. The Labute approximate surface area is 154 Å². The van der Waals surface area contributed by atoms with Crippen molar-refractivity contribution in [3.05, 3.63) is 58.2 Å². The van der Waals surface area contributed by atoms with E-state index in [2.05, 4.69) is 0 Å². The van der Waals surface area contributed by atoms with Gasteiger partial charge >= 0.3 is 5.97 Å². The highest BCUT2D eigenvalue weighted by molar-refractivity contribution is 6.25. The third-order valence-electron chi connectivity index (χ3n) is 5.17. The van der Waals surface area contributed by atoms with Gasteiger partial charge in [0.05, 0.1) is 0 Å². The van der Waals surface area contributed by atoms with Crippen LogP contribution in [-0.4, -0.2) is 22.6 Å². The van der Waals surface area contributed by atoms with Crippen molar-refractivity contribution in [3.8, 4) is 0 Å². The fourth-order valence-corrected chi connectivity index (χ4v) is 3.50. The Morgan fingerprint density at radius 3 is 2.12 bits per heavy atom. The van der Waals surface area contributed by atoms with E-state index in [4.69, 9.17) is 5.11 Å². The molecule has 1 aliphatic rings. The minimum absolute atomic E-state index is 0.0426. The number of unbranched alkanes of at least 4 members (excludes halogenated alkanes) is 2. The molecule has 0 radical (unpaired) electrons. The van der Waals surface area contributed by atoms with E-state index in [1.807, 2.05) is 30.3 Å². The van der Waals surface area contributed by atoms with Gasteiger partial charge < -0.3 is 5.11 Å². The topological polar surface area (TPSA) is 71.4 Å². The van der Waals surface area contributed by atoms with E-state index in [1.165, 1.54) is 0 Å². The highest BCUT2D eigenvalue weighted by atomic mass is 16.4. The molecule has 0 fully saturated rings. The van der Waals surface area contributed by atoms with Crippen molar-refractivity contribution < 1.29 is 19.5 Å². The first-order valence-corrected chi connectivity index (χ1v) is 9.09. The van der Waals surface area contributed by atoms with Crippen LogP contribution in [0.1, 0.15) is 64.4 Å². The molecule has 0 unspecified atom stereocenters. The van der Waals surface area contributed by atoms with Gasteiger partial charge in [0.15, 0.2) is 11.6 Å². The molecule has 0 heterocycles. The summed E-state index contributed by atoms with van der Waals surface area (Å²) in [5.41, 5.74) is 3.22. The van der Waals surface area contributed by atoms with Crippen molar-refractivity contribution in [2.75, 3.05) is 0 Å². The highest BCUT2D eigenvalue weighted by Crippen LogP contribution is 2.37. The fraction of sp³-hybridized carbons (Fsp3) is 0.409. The zero-order valence-corrected chi connectivity index (χ0v) is 15.7. The van der Waals surface area contributed by atoms with Crippen LogP contribution in [0, 0.1) is 0 Å². The first kappa shape index (κ1) is 19.8. The predicted octanol–water partition coefficient (Wildman–Crippen LogP) is 4.61. The molecular weight excluding hydrogens is 328 g/mol. The molecule has 1 N–H and O–H groups in total. The van der Waals surface area contributed by atoms with Crippen LogP contribution in [0.4, 0.5) is 0 Å². The molecule has 1 aromatic rings. The summed E-state index contributed by atoms with van der Waals surface area (Å²) in [5, 5.41) is 8.76. The Morgan fingerprint density at radius 2 is 1.50 bits per heavy atom. The minimum atomic E-state index is -0.785. The second kappa shape index (κ2) is 8.75. The average molecular weight is 354 g/mol. The normalized spacial score (nSPS) is 16.3. The molecule has 0 bridgehead atoms. The van der Waals surface area contributed by atoms with E-state index in [0.29, 0.717) is 28.7 Å². The molecule has 0 amide bonds. The van der Waals surface area contributed by atoms with Gasteiger partial charge in [-0.05, 0) is 39.2 Å². The zero-order chi connectivity index (χ0) is 19.3. The summed E-state index contributed by atoms with van der Waals surface area (Å²) >= 11 is 0. The second-order valence-corrected chi connectivity index (χ2v) is 6.90. The highest BCUT2D eigenvalue weighted by Gasteiger charge is 2.33. The summed E-state index contributed by atoms with van der Waals surface area (Å²) in [6.07, 6.45) is 3.11. The summed E-state index contributed by atoms with van der Waals surface area (Å²) in [7, 11) is 0. The predicted molar refractivity (Wildman–Crippen MR) is 101 cm³/mol.